The molecule has 2 heteroatoms. The van der Waals surface area contributed by atoms with Crippen molar-refractivity contribution in [3.8, 4) is 33.8 Å². The van der Waals surface area contributed by atoms with Crippen LogP contribution in [0.15, 0.2) is 140 Å². The van der Waals surface area contributed by atoms with E-state index in [1.54, 1.807) is 0 Å². The number of ether oxygens (including phenoxy) is 1. The van der Waals surface area contributed by atoms with Crippen LogP contribution in [0.4, 0.5) is 17.1 Å². The van der Waals surface area contributed by atoms with Gasteiger partial charge >= 0.3 is 0 Å². The van der Waals surface area contributed by atoms with E-state index in [-0.39, 0.29) is 16.2 Å². The Morgan fingerprint density at radius 1 is 0.518 bits per heavy atom. The van der Waals surface area contributed by atoms with Gasteiger partial charge in [-0.3, -0.25) is 0 Å². The molecule has 0 amide bonds. The lowest BCUT2D eigenvalue weighted by atomic mass is 9.26. The van der Waals surface area contributed by atoms with Crippen LogP contribution >= 0.6 is 0 Å². The standard InChI is InChI=1S/C54H51NO/c1-51(2)26-27-52(3,4)50-43(51)16-11-17-45(50)55(40-21-18-37(19-22-40)35-12-7-5-8-13-35)41-23-25-46-44(32-41)54(48-29-34-28-39-31-49(54)53(39,48)33-34)42-24-20-38(30-47(42)56-46)36-14-9-6-10-15-36/h5-25,30,32,34,39,48-49H,26-29,31,33H2,1-4H3. The predicted octanol–water partition coefficient (Wildman–Crippen LogP) is 14.3. The molecule has 0 saturated heterocycles. The number of hydrogen-bond donors (Lipinski definition) is 0. The van der Waals surface area contributed by atoms with Gasteiger partial charge in [-0.2, -0.15) is 0 Å². The summed E-state index contributed by atoms with van der Waals surface area (Å²) in [4.78, 5) is 2.59. The lowest BCUT2D eigenvalue weighted by Gasteiger charge is -2.77. The highest BCUT2D eigenvalue weighted by Gasteiger charge is 2.84. The SMILES string of the molecule is CC1(C)CCC(C)(C)c2c(N(c3ccc(-c4ccccc4)cc3)c3ccc4c(c3)C3(c5ccc(-c6ccccc6)cc5O4)C4CC5CC6CC3C64C5)cccc21. The summed E-state index contributed by atoms with van der Waals surface area (Å²) < 4.78 is 7.11. The molecule has 12 rings (SSSR count). The quantitative estimate of drug-likeness (QED) is 0.175. The van der Waals surface area contributed by atoms with Gasteiger partial charge in [0.2, 0.25) is 0 Å². The van der Waals surface area contributed by atoms with Crippen LogP contribution in [0.3, 0.4) is 0 Å². The van der Waals surface area contributed by atoms with Crippen molar-refractivity contribution < 1.29 is 4.74 Å². The second-order valence-corrected chi connectivity index (χ2v) is 19.6. The fourth-order valence-electron chi connectivity index (χ4n) is 13.8. The Morgan fingerprint density at radius 3 is 1.93 bits per heavy atom. The molecule has 6 aliphatic rings. The van der Waals surface area contributed by atoms with Gasteiger partial charge in [0.15, 0.2) is 0 Å². The number of rotatable bonds is 5. The molecule has 1 aliphatic heterocycles. The van der Waals surface area contributed by atoms with Gasteiger partial charge in [0.05, 0.1) is 5.69 Å². The van der Waals surface area contributed by atoms with Gasteiger partial charge in [0, 0.05) is 27.9 Å². The molecule has 56 heavy (non-hydrogen) atoms. The predicted molar refractivity (Wildman–Crippen MR) is 229 cm³/mol. The van der Waals surface area contributed by atoms with E-state index in [9.17, 15) is 0 Å². The summed E-state index contributed by atoms with van der Waals surface area (Å²) in [6.45, 7) is 9.82. The topological polar surface area (TPSA) is 12.5 Å². The summed E-state index contributed by atoms with van der Waals surface area (Å²) in [7, 11) is 0. The average Bonchev–Trinajstić information content (AvgIpc) is 3.76. The van der Waals surface area contributed by atoms with Gasteiger partial charge in [0.25, 0.3) is 0 Å². The van der Waals surface area contributed by atoms with Gasteiger partial charge in [0.1, 0.15) is 11.5 Å². The summed E-state index contributed by atoms with van der Waals surface area (Å²) in [6, 6.07) is 52.5. The first-order chi connectivity index (χ1) is 27.2. The molecule has 4 fully saturated rings. The smallest absolute Gasteiger partial charge is 0.132 e. The van der Waals surface area contributed by atoms with Crippen LogP contribution < -0.4 is 9.64 Å². The molecule has 2 nitrogen and oxygen atoms in total. The van der Waals surface area contributed by atoms with Crippen LogP contribution in [0.25, 0.3) is 22.3 Å². The zero-order valence-corrected chi connectivity index (χ0v) is 33.2. The fraction of sp³-hybridized carbons (Fsp3) is 0.333. The average molecular weight is 730 g/mol. The summed E-state index contributed by atoms with van der Waals surface area (Å²) in [5.41, 5.74) is 15.2. The molecule has 2 bridgehead atoms. The molecule has 6 aromatic rings. The second-order valence-electron chi connectivity index (χ2n) is 19.6. The van der Waals surface area contributed by atoms with E-state index in [0.29, 0.717) is 17.3 Å². The van der Waals surface area contributed by atoms with Crippen LogP contribution in [-0.2, 0) is 16.2 Å². The number of nitrogens with zero attached hydrogens (tertiary/aromatic N) is 1. The molecule has 0 N–H and O–H groups in total. The minimum atomic E-state index is -0.0139. The molecule has 6 unspecified atom stereocenters. The highest BCUT2D eigenvalue weighted by atomic mass is 16.5. The van der Waals surface area contributed by atoms with Crippen molar-refractivity contribution in [2.45, 2.75) is 82.5 Å². The second kappa shape index (κ2) is 11.3. The maximum Gasteiger partial charge on any atom is 0.132 e. The van der Waals surface area contributed by atoms with Crippen LogP contribution in [-0.4, -0.2) is 0 Å². The van der Waals surface area contributed by atoms with Gasteiger partial charge in [-0.05, 0) is 154 Å². The van der Waals surface area contributed by atoms with E-state index in [1.165, 1.54) is 100 Å². The van der Waals surface area contributed by atoms with E-state index in [0.717, 1.165) is 23.3 Å². The molecule has 278 valence electrons. The first-order valence-corrected chi connectivity index (χ1v) is 21.3. The fourth-order valence-corrected chi connectivity index (χ4v) is 13.8. The Kier molecular flexibility index (Phi) is 6.67. The van der Waals surface area contributed by atoms with Gasteiger partial charge < -0.3 is 9.64 Å². The first-order valence-electron chi connectivity index (χ1n) is 21.3. The zero-order valence-electron chi connectivity index (χ0n) is 33.2. The van der Waals surface area contributed by atoms with Crippen molar-refractivity contribution in [1.29, 1.82) is 0 Å². The minimum absolute atomic E-state index is 0.0139. The lowest BCUT2D eigenvalue weighted by Crippen LogP contribution is -2.74. The Balaban J connectivity index is 1.06. The Hall–Kier alpha value is -5.08. The van der Waals surface area contributed by atoms with Crippen molar-refractivity contribution in [2.24, 2.45) is 29.1 Å². The highest BCUT2D eigenvalue weighted by molar-refractivity contribution is 5.83. The molecule has 5 aliphatic carbocycles. The van der Waals surface area contributed by atoms with Crippen LogP contribution in [0, 0.1) is 29.1 Å². The Morgan fingerprint density at radius 2 is 1.18 bits per heavy atom. The molecule has 0 aromatic heterocycles. The summed E-state index contributed by atoms with van der Waals surface area (Å²) in [5.74, 6) is 5.30. The Bertz CT molecular complexity index is 2550. The highest BCUT2D eigenvalue weighted by Crippen LogP contribution is 2.89. The normalized spacial score (nSPS) is 28.9. The van der Waals surface area contributed by atoms with Crippen LogP contribution in [0.5, 0.6) is 11.5 Å². The summed E-state index contributed by atoms with van der Waals surface area (Å²) >= 11 is 0. The zero-order chi connectivity index (χ0) is 37.6. The third kappa shape index (κ3) is 4.23. The van der Waals surface area contributed by atoms with E-state index < -0.39 is 0 Å². The minimum Gasteiger partial charge on any atom is -0.457 e. The van der Waals surface area contributed by atoms with E-state index in [4.69, 9.17) is 4.74 Å². The summed E-state index contributed by atoms with van der Waals surface area (Å²) in [6.07, 6.45) is 7.99. The molecular weight excluding hydrogens is 679 g/mol. The van der Waals surface area contributed by atoms with Gasteiger partial charge in [-0.1, -0.05) is 125 Å². The molecule has 4 saturated carbocycles. The number of benzene rings is 6. The Labute approximate surface area is 332 Å². The van der Waals surface area contributed by atoms with Crippen molar-refractivity contribution in [2.75, 3.05) is 4.90 Å². The van der Waals surface area contributed by atoms with Gasteiger partial charge in [-0.15, -0.1) is 0 Å². The van der Waals surface area contributed by atoms with E-state index in [1.807, 2.05) is 0 Å². The molecule has 2 spiro atoms. The third-order valence-corrected chi connectivity index (χ3v) is 16.2. The van der Waals surface area contributed by atoms with Crippen molar-refractivity contribution in [3.05, 3.63) is 162 Å². The van der Waals surface area contributed by atoms with Gasteiger partial charge in [-0.25, -0.2) is 0 Å². The monoisotopic (exact) mass is 729 g/mol. The molecule has 6 atom stereocenters. The van der Waals surface area contributed by atoms with Crippen molar-refractivity contribution in [1.82, 2.24) is 0 Å². The lowest BCUT2D eigenvalue weighted by molar-refractivity contribution is -0.235. The van der Waals surface area contributed by atoms with Crippen molar-refractivity contribution in [3.63, 3.8) is 0 Å². The van der Waals surface area contributed by atoms with Crippen molar-refractivity contribution >= 4 is 17.1 Å². The van der Waals surface area contributed by atoms with Crippen LogP contribution in [0.2, 0.25) is 0 Å². The third-order valence-electron chi connectivity index (χ3n) is 16.2. The van der Waals surface area contributed by atoms with Crippen LogP contribution in [0.1, 0.15) is 88.5 Å². The first kappa shape index (κ1) is 33.1. The number of fused-ring (bicyclic) bond motifs is 8. The number of hydrogen-bond acceptors (Lipinski definition) is 2. The maximum absolute atomic E-state index is 7.11. The largest absolute Gasteiger partial charge is 0.457 e. The van der Waals surface area contributed by atoms with E-state index >= 15 is 0 Å². The number of anilines is 3. The van der Waals surface area contributed by atoms with E-state index in [2.05, 4.69) is 172 Å². The summed E-state index contributed by atoms with van der Waals surface area (Å²) in [5, 5.41) is 0. The molecule has 0 radical (unpaired) electrons. The molecule has 6 aromatic carbocycles. The maximum atomic E-state index is 7.11. The molecular formula is C54H51NO. The molecule has 1 heterocycles.